The lowest BCUT2D eigenvalue weighted by Gasteiger charge is -2.12. The van der Waals surface area contributed by atoms with Crippen LogP contribution in [0.4, 0.5) is 21.5 Å². The summed E-state index contributed by atoms with van der Waals surface area (Å²) in [7, 11) is 0. The number of hydrogen-bond donors (Lipinski definition) is 3. The fraction of sp³-hybridized carbons (Fsp3) is 0.133. The molecule has 0 aliphatic heterocycles. The molecule has 110 valence electrons. The Bertz CT molecular complexity index is 676. The Morgan fingerprint density at radius 2 is 2.00 bits per heavy atom. The summed E-state index contributed by atoms with van der Waals surface area (Å²) in [5, 5.41) is 5.94. The maximum Gasteiger partial charge on any atom is 0.251 e. The predicted molar refractivity (Wildman–Crippen MR) is 83.6 cm³/mol. The van der Waals surface area contributed by atoms with Gasteiger partial charge in [-0.15, -0.1) is 0 Å². The second-order valence-corrected chi connectivity index (χ2v) is 4.85. The summed E-state index contributed by atoms with van der Waals surface area (Å²) < 4.78 is 13.7. The largest absolute Gasteiger partial charge is 0.397 e. The SMILES string of the molecule is CCNC(=O)c1ccc(N)c(Nc2cc(Cl)ccc2F)c1. The number of nitrogens with one attached hydrogen (secondary N) is 2. The van der Waals surface area contributed by atoms with Crippen molar-refractivity contribution in [2.75, 3.05) is 17.6 Å². The van der Waals surface area contributed by atoms with Crippen molar-refractivity contribution >= 4 is 34.6 Å². The monoisotopic (exact) mass is 307 g/mol. The molecule has 2 aromatic carbocycles. The van der Waals surface area contributed by atoms with Crippen molar-refractivity contribution in [2.24, 2.45) is 0 Å². The van der Waals surface area contributed by atoms with E-state index in [1.165, 1.54) is 18.2 Å². The van der Waals surface area contributed by atoms with E-state index in [-0.39, 0.29) is 11.6 Å². The van der Waals surface area contributed by atoms with Gasteiger partial charge in [0.15, 0.2) is 0 Å². The van der Waals surface area contributed by atoms with Crippen LogP contribution in [0.3, 0.4) is 0 Å². The Kier molecular flexibility index (Phi) is 4.65. The third-order valence-corrected chi connectivity index (χ3v) is 3.09. The van der Waals surface area contributed by atoms with E-state index in [2.05, 4.69) is 10.6 Å². The number of amides is 1. The molecule has 1 amide bonds. The summed E-state index contributed by atoms with van der Waals surface area (Å²) in [5.74, 6) is -0.672. The summed E-state index contributed by atoms with van der Waals surface area (Å²) in [5.41, 5.74) is 7.34. The average molecular weight is 308 g/mol. The van der Waals surface area contributed by atoms with Crippen molar-refractivity contribution in [3.8, 4) is 0 Å². The molecule has 2 rings (SSSR count). The second kappa shape index (κ2) is 6.45. The molecule has 0 aliphatic rings. The Labute approximate surface area is 127 Å². The van der Waals surface area contributed by atoms with Crippen molar-refractivity contribution in [1.29, 1.82) is 0 Å². The number of halogens is 2. The zero-order valence-electron chi connectivity index (χ0n) is 11.4. The van der Waals surface area contributed by atoms with Crippen LogP contribution in [-0.2, 0) is 0 Å². The van der Waals surface area contributed by atoms with E-state index in [0.29, 0.717) is 28.5 Å². The molecule has 0 aliphatic carbocycles. The highest BCUT2D eigenvalue weighted by Crippen LogP contribution is 2.27. The second-order valence-electron chi connectivity index (χ2n) is 4.41. The maximum absolute atomic E-state index is 13.7. The lowest BCUT2D eigenvalue weighted by atomic mass is 10.1. The fourth-order valence-corrected chi connectivity index (χ4v) is 1.98. The van der Waals surface area contributed by atoms with Crippen molar-refractivity contribution in [3.05, 3.63) is 52.8 Å². The van der Waals surface area contributed by atoms with Crippen molar-refractivity contribution in [1.82, 2.24) is 5.32 Å². The molecule has 0 heterocycles. The van der Waals surface area contributed by atoms with E-state index in [4.69, 9.17) is 17.3 Å². The Morgan fingerprint density at radius 1 is 1.24 bits per heavy atom. The average Bonchev–Trinajstić information content (AvgIpc) is 2.45. The first kappa shape index (κ1) is 15.1. The van der Waals surface area contributed by atoms with Gasteiger partial charge in [0.2, 0.25) is 0 Å². The number of carbonyl (C=O) groups is 1. The number of rotatable bonds is 4. The lowest BCUT2D eigenvalue weighted by Crippen LogP contribution is -2.22. The maximum atomic E-state index is 13.7. The van der Waals surface area contributed by atoms with Gasteiger partial charge >= 0.3 is 0 Å². The molecule has 4 N–H and O–H groups in total. The molecule has 0 bridgehead atoms. The minimum atomic E-state index is -0.456. The van der Waals surface area contributed by atoms with Crippen LogP contribution in [0.1, 0.15) is 17.3 Å². The van der Waals surface area contributed by atoms with Gasteiger partial charge in [-0.1, -0.05) is 11.6 Å². The van der Waals surface area contributed by atoms with Gasteiger partial charge in [0, 0.05) is 17.1 Å². The van der Waals surface area contributed by atoms with Gasteiger partial charge in [-0.05, 0) is 43.3 Å². The number of nitrogens with two attached hydrogens (primary N) is 1. The highest BCUT2D eigenvalue weighted by Gasteiger charge is 2.10. The summed E-state index contributed by atoms with van der Waals surface area (Å²) in [6, 6.07) is 8.94. The van der Waals surface area contributed by atoms with Gasteiger partial charge in [0.05, 0.1) is 17.1 Å². The standard InChI is InChI=1S/C15H15ClFN3O/c1-2-19-15(21)9-3-6-12(18)14(7-9)20-13-8-10(16)4-5-11(13)17/h3-8,20H,2,18H2,1H3,(H,19,21). The highest BCUT2D eigenvalue weighted by molar-refractivity contribution is 6.30. The van der Waals surface area contributed by atoms with Crippen LogP contribution in [0.5, 0.6) is 0 Å². The van der Waals surface area contributed by atoms with Crippen LogP contribution < -0.4 is 16.4 Å². The molecule has 6 heteroatoms. The third kappa shape index (κ3) is 3.64. The van der Waals surface area contributed by atoms with Gasteiger partial charge in [-0.3, -0.25) is 4.79 Å². The lowest BCUT2D eigenvalue weighted by molar-refractivity contribution is 0.0956. The van der Waals surface area contributed by atoms with Crippen LogP contribution in [0.25, 0.3) is 0 Å². The van der Waals surface area contributed by atoms with Crippen molar-refractivity contribution in [2.45, 2.75) is 6.92 Å². The van der Waals surface area contributed by atoms with Crippen LogP contribution in [0, 0.1) is 5.82 Å². The quantitative estimate of drug-likeness (QED) is 0.757. The molecule has 0 saturated carbocycles. The molecule has 0 fully saturated rings. The molecule has 21 heavy (non-hydrogen) atoms. The fourth-order valence-electron chi connectivity index (χ4n) is 1.81. The van der Waals surface area contributed by atoms with E-state index in [1.54, 1.807) is 18.2 Å². The Morgan fingerprint density at radius 3 is 2.71 bits per heavy atom. The van der Waals surface area contributed by atoms with Gasteiger partial charge in [-0.2, -0.15) is 0 Å². The van der Waals surface area contributed by atoms with Crippen molar-refractivity contribution < 1.29 is 9.18 Å². The first-order chi connectivity index (χ1) is 10.0. The number of anilines is 3. The van der Waals surface area contributed by atoms with E-state index in [1.807, 2.05) is 6.92 Å². The van der Waals surface area contributed by atoms with E-state index < -0.39 is 5.82 Å². The summed E-state index contributed by atoms with van der Waals surface area (Å²) in [4.78, 5) is 11.8. The van der Waals surface area contributed by atoms with Crippen LogP contribution >= 0.6 is 11.6 Å². The minimum Gasteiger partial charge on any atom is -0.397 e. The van der Waals surface area contributed by atoms with E-state index in [0.717, 1.165) is 0 Å². The topological polar surface area (TPSA) is 67.2 Å². The summed E-state index contributed by atoms with van der Waals surface area (Å²) in [6.45, 7) is 2.35. The molecule has 0 saturated heterocycles. The normalized spacial score (nSPS) is 10.2. The predicted octanol–water partition coefficient (Wildman–Crippen LogP) is 3.55. The summed E-state index contributed by atoms with van der Waals surface area (Å²) in [6.07, 6.45) is 0. The van der Waals surface area contributed by atoms with Gasteiger partial charge in [0.1, 0.15) is 5.82 Å². The number of nitrogen functional groups attached to an aromatic ring is 1. The summed E-state index contributed by atoms with van der Waals surface area (Å²) >= 11 is 5.84. The van der Waals surface area contributed by atoms with Crippen LogP contribution in [0.15, 0.2) is 36.4 Å². The first-order valence-corrected chi connectivity index (χ1v) is 6.79. The van der Waals surface area contributed by atoms with Gasteiger partial charge < -0.3 is 16.4 Å². The molecule has 0 atom stereocenters. The zero-order valence-corrected chi connectivity index (χ0v) is 12.2. The molecule has 4 nitrogen and oxygen atoms in total. The Hall–Kier alpha value is -2.27. The number of carbonyl (C=O) groups excluding carboxylic acids is 1. The third-order valence-electron chi connectivity index (χ3n) is 2.85. The molecule has 0 radical (unpaired) electrons. The molecule has 0 unspecified atom stereocenters. The molecule has 0 aromatic heterocycles. The smallest absolute Gasteiger partial charge is 0.251 e. The molecular weight excluding hydrogens is 293 g/mol. The molecular formula is C15H15ClFN3O. The van der Waals surface area contributed by atoms with Gasteiger partial charge in [-0.25, -0.2) is 4.39 Å². The minimum absolute atomic E-state index is 0.197. The Balaban J connectivity index is 2.33. The van der Waals surface area contributed by atoms with Crippen molar-refractivity contribution in [3.63, 3.8) is 0 Å². The number of hydrogen-bond acceptors (Lipinski definition) is 3. The van der Waals surface area contributed by atoms with E-state index >= 15 is 0 Å². The zero-order chi connectivity index (χ0) is 15.4. The van der Waals surface area contributed by atoms with Crippen LogP contribution in [-0.4, -0.2) is 12.5 Å². The highest BCUT2D eigenvalue weighted by atomic mass is 35.5. The first-order valence-electron chi connectivity index (χ1n) is 6.41. The molecule has 0 spiro atoms. The number of benzene rings is 2. The van der Waals surface area contributed by atoms with Gasteiger partial charge in [0.25, 0.3) is 5.91 Å². The van der Waals surface area contributed by atoms with E-state index in [9.17, 15) is 9.18 Å². The van der Waals surface area contributed by atoms with Crippen LogP contribution in [0.2, 0.25) is 5.02 Å². The molecule has 2 aromatic rings.